The largest absolute Gasteiger partial charge is 0.462 e. The molecule has 0 aromatic rings. The highest BCUT2D eigenvalue weighted by Crippen LogP contribution is 2.15. The van der Waals surface area contributed by atoms with Gasteiger partial charge in [-0.25, -0.2) is 0 Å². The Bertz CT molecular complexity index is 151. The van der Waals surface area contributed by atoms with E-state index in [1.54, 1.807) is 20.8 Å². The molecule has 0 saturated heterocycles. The summed E-state index contributed by atoms with van der Waals surface area (Å²) in [7, 11) is 0. The highest BCUT2D eigenvalue weighted by molar-refractivity contribution is 6.18. The van der Waals surface area contributed by atoms with E-state index in [1.165, 1.54) is 0 Å². The number of ether oxygens (including phenoxy) is 1. The zero-order chi connectivity index (χ0) is 9.78. The maximum absolute atomic E-state index is 11.1. The molecule has 0 spiro atoms. The minimum Gasteiger partial charge on any atom is -0.462 e. The van der Waals surface area contributed by atoms with E-state index in [4.69, 9.17) is 21.4 Å². The lowest BCUT2D eigenvalue weighted by molar-refractivity contribution is -0.155. The zero-order valence-electron chi connectivity index (χ0n) is 7.63. The van der Waals surface area contributed by atoms with Gasteiger partial charge in [0.2, 0.25) is 0 Å². The van der Waals surface area contributed by atoms with E-state index in [0.29, 0.717) is 0 Å². The fourth-order valence-electron chi connectivity index (χ4n) is 0.433. The lowest BCUT2D eigenvalue weighted by Gasteiger charge is -2.17. The van der Waals surface area contributed by atoms with E-state index in [1.807, 2.05) is 0 Å². The van der Waals surface area contributed by atoms with Crippen molar-refractivity contribution in [1.82, 2.24) is 0 Å². The van der Waals surface area contributed by atoms with Gasteiger partial charge in [-0.3, -0.25) is 4.79 Å². The molecule has 0 aliphatic rings. The molecular formula is C8H15ClO3. The molecule has 4 heteroatoms. The van der Waals surface area contributed by atoms with E-state index in [9.17, 15) is 4.79 Å². The Labute approximate surface area is 77.7 Å². The summed E-state index contributed by atoms with van der Waals surface area (Å²) in [5, 5.41) is 8.96. The van der Waals surface area contributed by atoms with Gasteiger partial charge in [-0.1, -0.05) is 0 Å². The summed E-state index contributed by atoms with van der Waals surface area (Å²) < 4.78 is 4.79. The topological polar surface area (TPSA) is 46.5 Å². The summed E-state index contributed by atoms with van der Waals surface area (Å²) in [6, 6.07) is 0. The molecule has 72 valence electrons. The predicted octanol–water partition coefficient (Wildman–Crippen LogP) is 1.18. The van der Waals surface area contributed by atoms with Crippen LogP contribution in [-0.2, 0) is 9.53 Å². The molecule has 0 unspecified atom stereocenters. The monoisotopic (exact) mass is 194 g/mol. The molecule has 0 aromatic heterocycles. The molecule has 0 rings (SSSR count). The van der Waals surface area contributed by atoms with Crippen LogP contribution < -0.4 is 0 Å². The van der Waals surface area contributed by atoms with E-state index in [0.717, 1.165) is 0 Å². The van der Waals surface area contributed by atoms with Crippen LogP contribution in [0, 0.1) is 5.41 Å². The fourth-order valence-corrected chi connectivity index (χ4v) is 0.522. The number of hydrogen-bond acceptors (Lipinski definition) is 3. The van der Waals surface area contributed by atoms with Crippen molar-refractivity contribution >= 4 is 17.6 Å². The van der Waals surface area contributed by atoms with Gasteiger partial charge < -0.3 is 9.84 Å². The second-order valence-electron chi connectivity index (χ2n) is 3.66. The van der Waals surface area contributed by atoms with Crippen LogP contribution in [0.15, 0.2) is 0 Å². The van der Waals surface area contributed by atoms with Gasteiger partial charge >= 0.3 is 5.97 Å². The van der Waals surface area contributed by atoms with Crippen LogP contribution in [0.3, 0.4) is 0 Å². The molecule has 0 bridgehead atoms. The molecule has 0 aliphatic carbocycles. The molecule has 0 aromatic carbocycles. The third-order valence-corrected chi connectivity index (χ3v) is 1.55. The SMILES string of the molecule is CC(C)(C)C(=O)OC[C@H](O)CCl. The van der Waals surface area contributed by atoms with Crippen molar-refractivity contribution in [3.63, 3.8) is 0 Å². The standard InChI is InChI=1S/C8H15ClO3/c1-8(2,3)7(11)12-5-6(10)4-9/h6,10H,4-5H2,1-3H3/t6-/m1/s1. The maximum atomic E-state index is 11.1. The van der Waals surface area contributed by atoms with Crippen molar-refractivity contribution in [2.24, 2.45) is 5.41 Å². The molecule has 0 saturated carbocycles. The first kappa shape index (κ1) is 11.7. The molecule has 0 aliphatic heterocycles. The first-order valence-corrected chi connectivity index (χ1v) is 4.32. The number of alkyl halides is 1. The lowest BCUT2D eigenvalue weighted by Crippen LogP contribution is -2.27. The van der Waals surface area contributed by atoms with Gasteiger partial charge in [0.05, 0.1) is 11.3 Å². The Morgan fingerprint density at radius 2 is 2.08 bits per heavy atom. The summed E-state index contributed by atoms with van der Waals surface area (Å²) >= 11 is 5.31. The van der Waals surface area contributed by atoms with Gasteiger partial charge in [-0.2, -0.15) is 0 Å². The van der Waals surface area contributed by atoms with E-state index < -0.39 is 11.5 Å². The van der Waals surface area contributed by atoms with Crippen LogP contribution in [-0.4, -0.2) is 29.7 Å². The first-order valence-electron chi connectivity index (χ1n) is 3.79. The summed E-state index contributed by atoms with van der Waals surface area (Å²) in [6.07, 6.45) is -0.766. The maximum Gasteiger partial charge on any atom is 0.311 e. The molecule has 3 nitrogen and oxygen atoms in total. The highest BCUT2D eigenvalue weighted by atomic mass is 35.5. The Balaban J connectivity index is 3.73. The minimum atomic E-state index is -0.766. The normalized spacial score (nSPS) is 14.1. The minimum absolute atomic E-state index is 0.0282. The van der Waals surface area contributed by atoms with Gasteiger partial charge in [0.25, 0.3) is 0 Å². The van der Waals surface area contributed by atoms with Crippen LogP contribution in [0.25, 0.3) is 0 Å². The van der Waals surface area contributed by atoms with Crippen LogP contribution in [0.4, 0.5) is 0 Å². The molecule has 0 radical (unpaired) electrons. The Morgan fingerprint density at radius 1 is 1.58 bits per heavy atom. The summed E-state index contributed by atoms with van der Waals surface area (Å²) in [4.78, 5) is 11.1. The van der Waals surface area contributed by atoms with Crippen molar-refractivity contribution in [3.05, 3.63) is 0 Å². The molecule has 0 amide bonds. The van der Waals surface area contributed by atoms with Gasteiger partial charge in [-0.15, -0.1) is 11.6 Å². The van der Waals surface area contributed by atoms with Crippen LogP contribution in [0.5, 0.6) is 0 Å². The number of carbonyl (C=O) groups excluding carboxylic acids is 1. The number of aliphatic hydroxyl groups excluding tert-OH is 1. The Morgan fingerprint density at radius 3 is 2.42 bits per heavy atom. The highest BCUT2D eigenvalue weighted by Gasteiger charge is 2.23. The summed E-state index contributed by atoms with van der Waals surface area (Å²) in [5.41, 5.74) is -0.522. The zero-order valence-corrected chi connectivity index (χ0v) is 8.39. The second kappa shape index (κ2) is 4.67. The van der Waals surface area contributed by atoms with E-state index in [2.05, 4.69) is 0 Å². The molecule has 1 atom stereocenters. The van der Waals surface area contributed by atoms with Crippen LogP contribution >= 0.6 is 11.6 Å². The molecule has 12 heavy (non-hydrogen) atoms. The fraction of sp³-hybridized carbons (Fsp3) is 0.875. The van der Waals surface area contributed by atoms with Gasteiger partial charge in [0, 0.05) is 0 Å². The Kier molecular flexibility index (Phi) is 4.57. The molecule has 1 N–H and O–H groups in total. The second-order valence-corrected chi connectivity index (χ2v) is 3.97. The number of aliphatic hydroxyl groups is 1. The summed E-state index contributed by atoms with van der Waals surface area (Å²) in [5.74, 6) is -0.246. The predicted molar refractivity (Wildman–Crippen MR) is 47.1 cm³/mol. The first-order chi connectivity index (χ1) is 5.38. The summed E-state index contributed by atoms with van der Waals surface area (Å²) in [6.45, 7) is 5.23. The van der Waals surface area contributed by atoms with E-state index in [-0.39, 0.29) is 18.5 Å². The quantitative estimate of drug-likeness (QED) is 0.542. The van der Waals surface area contributed by atoms with Crippen molar-refractivity contribution in [1.29, 1.82) is 0 Å². The van der Waals surface area contributed by atoms with E-state index >= 15 is 0 Å². The third-order valence-electron chi connectivity index (χ3n) is 1.20. The van der Waals surface area contributed by atoms with Gasteiger partial charge in [0.1, 0.15) is 12.7 Å². The van der Waals surface area contributed by atoms with Gasteiger partial charge in [0.15, 0.2) is 0 Å². The smallest absolute Gasteiger partial charge is 0.311 e. The van der Waals surface area contributed by atoms with Gasteiger partial charge in [-0.05, 0) is 20.8 Å². The Hall–Kier alpha value is -0.280. The number of hydrogen-bond donors (Lipinski definition) is 1. The van der Waals surface area contributed by atoms with Crippen LogP contribution in [0.1, 0.15) is 20.8 Å². The van der Waals surface area contributed by atoms with Crippen molar-refractivity contribution in [3.8, 4) is 0 Å². The number of halogens is 1. The molecule has 0 heterocycles. The van der Waals surface area contributed by atoms with Crippen LogP contribution in [0.2, 0.25) is 0 Å². The average molecular weight is 195 g/mol. The third kappa shape index (κ3) is 4.57. The number of esters is 1. The average Bonchev–Trinajstić information content (AvgIpc) is 1.97. The van der Waals surface area contributed by atoms with Crippen molar-refractivity contribution < 1.29 is 14.6 Å². The number of rotatable bonds is 3. The lowest BCUT2D eigenvalue weighted by atomic mass is 9.97. The number of carbonyl (C=O) groups is 1. The molecular weight excluding hydrogens is 180 g/mol. The molecule has 0 fully saturated rings. The van der Waals surface area contributed by atoms with Crippen molar-refractivity contribution in [2.45, 2.75) is 26.9 Å². The van der Waals surface area contributed by atoms with Crippen molar-refractivity contribution in [2.75, 3.05) is 12.5 Å².